The maximum absolute atomic E-state index is 12.4. The highest BCUT2D eigenvalue weighted by Crippen LogP contribution is 2.23. The van der Waals surface area contributed by atoms with Crippen molar-refractivity contribution < 1.29 is 19.1 Å². The first kappa shape index (κ1) is 36.5. The standard InChI is InChI=1S/C37H47IN4O4/c1-27(30-15-11-16-31(23-30)35(43)41(6)38)19-20-34(45-7)28(2)25-40-32-17-12-18-33(24-32)42(26-29-13-9-8-10-14-29)22-21-39-36(44)46-37(3,4)5/h8-20,23-24,27,40H,21-22,25-26H2,1-7H3,(H,39,44)/b20-19-,34-28-. The number of carbonyl (C=O) groups is 2. The Balaban J connectivity index is 1.69. The molecule has 8 nitrogen and oxygen atoms in total. The molecule has 3 rings (SSSR count). The number of anilines is 2. The molecule has 0 radical (unpaired) electrons. The number of ether oxygens (including phenoxy) is 2. The highest BCUT2D eigenvalue weighted by Gasteiger charge is 2.17. The largest absolute Gasteiger partial charge is 0.497 e. The van der Waals surface area contributed by atoms with Gasteiger partial charge in [-0.25, -0.2) is 4.79 Å². The lowest BCUT2D eigenvalue weighted by atomic mass is 9.98. The third-order valence-electron chi connectivity index (χ3n) is 7.15. The molecule has 0 saturated carbocycles. The Hall–Kier alpha value is -3.99. The van der Waals surface area contributed by atoms with Crippen LogP contribution in [0.5, 0.6) is 0 Å². The molecule has 3 aromatic carbocycles. The molecule has 0 spiro atoms. The van der Waals surface area contributed by atoms with Crippen LogP contribution in [-0.2, 0) is 16.0 Å². The molecule has 0 fully saturated rings. The number of hydrogen-bond donors (Lipinski definition) is 2. The van der Waals surface area contributed by atoms with Crippen molar-refractivity contribution in [1.29, 1.82) is 0 Å². The predicted octanol–water partition coefficient (Wildman–Crippen LogP) is 8.33. The van der Waals surface area contributed by atoms with Crippen LogP contribution >= 0.6 is 22.9 Å². The third kappa shape index (κ3) is 12.1. The number of amides is 2. The van der Waals surface area contributed by atoms with Crippen LogP contribution in [0.25, 0.3) is 0 Å². The number of hydrogen-bond acceptors (Lipinski definition) is 6. The molecule has 2 N–H and O–H groups in total. The van der Waals surface area contributed by atoms with Crippen LogP contribution in [0.3, 0.4) is 0 Å². The molecule has 0 aliphatic rings. The zero-order chi connectivity index (χ0) is 33.7. The molecule has 0 aliphatic carbocycles. The van der Waals surface area contributed by atoms with Gasteiger partial charge in [0.25, 0.3) is 5.91 Å². The molecule has 0 aliphatic heterocycles. The molecular weight excluding hydrogens is 691 g/mol. The van der Waals surface area contributed by atoms with Gasteiger partial charge < -0.3 is 25.0 Å². The van der Waals surface area contributed by atoms with Crippen LogP contribution < -0.4 is 15.5 Å². The Labute approximate surface area is 288 Å². The molecule has 246 valence electrons. The highest BCUT2D eigenvalue weighted by molar-refractivity contribution is 14.1. The number of benzene rings is 3. The molecule has 0 bridgehead atoms. The van der Waals surface area contributed by atoms with E-state index in [0.717, 1.165) is 28.3 Å². The van der Waals surface area contributed by atoms with E-state index in [4.69, 9.17) is 9.47 Å². The van der Waals surface area contributed by atoms with Gasteiger partial charge in [0.2, 0.25) is 0 Å². The van der Waals surface area contributed by atoms with Crippen molar-refractivity contribution in [3.05, 3.63) is 119 Å². The number of nitrogens with one attached hydrogen (secondary N) is 2. The first-order chi connectivity index (χ1) is 21.9. The second-order valence-electron chi connectivity index (χ2n) is 12.1. The zero-order valence-electron chi connectivity index (χ0n) is 28.0. The van der Waals surface area contributed by atoms with E-state index < -0.39 is 11.7 Å². The smallest absolute Gasteiger partial charge is 0.407 e. The van der Waals surface area contributed by atoms with Crippen LogP contribution in [0.1, 0.15) is 62.0 Å². The summed E-state index contributed by atoms with van der Waals surface area (Å²) in [5.74, 6) is 0.853. The zero-order valence-corrected chi connectivity index (χ0v) is 30.1. The maximum Gasteiger partial charge on any atom is 0.407 e. The lowest BCUT2D eigenvalue weighted by Gasteiger charge is -2.26. The fourth-order valence-corrected chi connectivity index (χ4v) is 4.98. The van der Waals surface area contributed by atoms with Gasteiger partial charge in [0, 0.05) is 50.2 Å². The molecule has 1 atom stereocenters. The molecule has 9 heteroatoms. The molecule has 3 aromatic rings. The normalized spacial score (nSPS) is 12.6. The second-order valence-corrected chi connectivity index (χ2v) is 13.6. The fourth-order valence-electron chi connectivity index (χ4n) is 4.70. The van der Waals surface area contributed by atoms with E-state index in [1.54, 1.807) is 17.3 Å². The van der Waals surface area contributed by atoms with Crippen LogP contribution in [0, 0.1) is 0 Å². The van der Waals surface area contributed by atoms with Gasteiger partial charge in [0.1, 0.15) is 11.4 Å². The Morgan fingerprint density at radius 1 is 1.00 bits per heavy atom. The summed E-state index contributed by atoms with van der Waals surface area (Å²) in [6.07, 6.45) is 3.67. The van der Waals surface area contributed by atoms with Gasteiger partial charge >= 0.3 is 6.09 Å². The number of nitrogens with zero attached hydrogens (tertiary/aromatic N) is 2. The van der Waals surface area contributed by atoms with Crippen molar-refractivity contribution in [3.8, 4) is 0 Å². The molecule has 0 heterocycles. The number of allylic oxidation sites excluding steroid dienone is 2. The van der Waals surface area contributed by atoms with Crippen molar-refractivity contribution in [2.24, 2.45) is 0 Å². The summed E-state index contributed by atoms with van der Waals surface area (Å²) in [5.41, 5.74) is 5.43. The Kier molecular flexibility index (Phi) is 14.0. The van der Waals surface area contributed by atoms with E-state index in [9.17, 15) is 9.59 Å². The topological polar surface area (TPSA) is 83.1 Å². The first-order valence-corrected chi connectivity index (χ1v) is 16.4. The molecular formula is C37H47IN4O4. The minimum absolute atomic E-state index is 0.0252. The van der Waals surface area contributed by atoms with E-state index in [1.165, 1.54) is 5.56 Å². The van der Waals surface area contributed by atoms with Crippen molar-refractivity contribution in [2.75, 3.05) is 44.0 Å². The minimum atomic E-state index is -0.545. The number of alkyl carbamates (subject to hydrolysis) is 1. The third-order valence-corrected chi connectivity index (χ3v) is 7.59. The number of methoxy groups -OCH3 is 1. The quantitative estimate of drug-likeness (QED) is 0.0750. The Morgan fingerprint density at radius 2 is 1.72 bits per heavy atom. The highest BCUT2D eigenvalue weighted by atomic mass is 127. The lowest BCUT2D eigenvalue weighted by Crippen LogP contribution is -2.38. The van der Waals surface area contributed by atoms with E-state index >= 15 is 0 Å². The summed E-state index contributed by atoms with van der Waals surface area (Å²) < 4.78 is 12.7. The van der Waals surface area contributed by atoms with E-state index in [0.29, 0.717) is 31.7 Å². The molecule has 0 saturated heterocycles. The van der Waals surface area contributed by atoms with Gasteiger partial charge in [-0.3, -0.25) is 7.91 Å². The summed E-state index contributed by atoms with van der Waals surface area (Å²) in [5, 5.41) is 6.42. The first-order valence-electron chi connectivity index (χ1n) is 15.4. The minimum Gasteiger partial charge on any atom is -0.497 e. The summed E-state index contributed by atoms with van der Waals surface area (Å²) in [4.78, 5) is 26.9. The van der Waals surface area contributed by atoms with Crippen LogP contribution in [0.15, 0.2) is 102 Å². The van der Waals surface area contributed by atoms with Gasteiger partial charge in [0.05, 0.1) is 30.0 Å². The van der Waals surface area contributed by atoms with Gasteiger partial charge in [-0.15, -0.1) is 0 Å². The predicted molar refractivity (Wildman–Crippen MR) is 196 cm³/mol. The van der Waals surface area contributed by atoms with Gasteiger partial charge in [-0.2, -0.15) is 0 Å². The summed E-state index contributed by atoms with van der Waals surface area (Å²) in [6.45, 7) is 12.1. The average molecular weight is 739 g/mol. The SMILES string of the molecule is COC(/C=C\C(C)c1cccc(C(=O)N(C)I)c1)=C(/C)CNc1cccc(N(CCNC(=O)OC(C)(C)C)Cc2ccccc2)c1. The van der Waals surface area contributed by atoms with Crippen LogP contribution in [-0.4, -0.2) is 54.5 Å². The van der Waals surface area contributed by atoms with Gasteiger partial charge in [0.15, 0.2) is 0 Å². The number of rotatable bonds is 14. The lowest BCUT2D eigenvalue weighted by molar-refractivity contribution is 0.0529. The molecule has 0 aromatic heterocycles. The monoisotopic (exact) mass is 738 g/mol. The molecule has 1 unspecified atom stereocenters. The number of carbonyl (C=O) groups excluding carboxylic acids is 2. The second kappa shape index (κ2) is 17.6. The summed E-state index contributed by atoms with van der Waals surface area (Å²) >= 11 is 1.99. The van der Waals surface area contributed by atoms with Crippen molar-refractivity contribution in [1.82, 2.24) is 8.43 Å². The van der Waals surface area contributed by atoms with Gasteiger partial charge in [-0.1, -0.05) is 61.5 Å². The van der Waals surface area contributed by atoms with Crippen molar-refractivity contribution in [3.63, 3.8) is 0 Å². The van der Waals surface area contributed by atoms with Crippen molar-refractivity contribution >= 4 is 46.2 Å². The van der Waals surface area contributed by atoms with Crippen LogP contribution in [0.4, 0.5) is 16.2 Å². The number of halogens is 1. The maximum atomic E-state index is 12.4. The fraction of sp³-hybridized carbons (Fsp3) is 0.351. The van der Waals surface area contributed by atoms with E-state index in [-0.39, 0.29) is 11.8 Å². The molecule has 46 heavy (non-hydrogen) atoms. The average Bonchev–Trinajstić information content (AvgIpc) is 3.03. The summed E-state index contributed by atoms with van der Waals surface area (Å²) in [7, 11) is 3.42. The summed E-state index contributed by atoms with van der Waals surface area (Å²) in [6, 6.07) is 26.3. The van der Waals surface area contributed by atoms with E-state index in [1.807, 2.05) is 111 Å². The van der Waals surface area contributed by atoms with Gasteiger partial charge in [-0.05, 0) is 86.7 Å². The van der Waals surface area contributed by atoms with E-state index in [2.05, 4.69) is 52.8 Å². The molecule has 2 amide bonds. The Bertz CT molecular complexity index is 1500. The van der Waals surface area contributed by atoms with Crippen molar-refractivity contribution in [2.45, 2.75) is 52.7 Å². The Morgan fingerprint density at radius 3 is 2.39 bits per heavy atom. The van der Waals surface area contributed by atoms with Crippen LogP contribution in [0.2, 0.25) is 0 Å².